The van der Waals surface area contributed by atoms with Crippen LogP contribution < -0.4 is 10.6 Å². The van der Waals surface area contributed by atoms with Crippen molar-refractivity contribution in [2.24, 2.45) is 0 Å². The molecular weight excluding hydrogens is 274 g/mol. The second-order valence-corrected chi connectivity index (χ2v) is 6.75. The van der Waals surface area contributed by atoms with Gasteiger partial charge in [-0.2, -0.15) is 0 Å². The van der Waals surface area contributed by atoms with E-state index in [0.717, 1.165) is 17.8 Å². The van der Waals surface area contributed by atoms with Crippen molar-refractivity contribution in [3.8, 4) is 0 Å². The number of nitrogens with zero attached hydrogens (tertiary/aromatic N) is 1. The van der Waals surface area contributed by atoms with Crippen molar-refractivity contribution in [2.75, 3.05) is 25.0 Å². The molecule has 1 saturated carbocycles. The van der Waals surface area contributed by atoms with Gasteiger partial charge in [0.25, 0.3) is 0 Å². The molecule has 4 heteroatoms. The monoisotopic (exact) mass is 301 g/mol. The highest BCUT2D eigenvalue weighted by atomic mass is 16.2. The van der Waals surface area contributed by atoms with Crippen molar-refractivity contribution in [2.45, 2.75) is 51.0 Å². The number of nitrogens with one attached hydrogen (secondary N) is 2. The van der Waals surface area contributed by atoms with Gasteiger partial charge in [-0.05, 0) is 57.3 Å². The Morgan fingerprint density at radius 3 is 2.50 bits per heavy atom. The standard InChI is InChI=1S/C18H27N3O/c1-15-8-2-3-9-16(15)20-17(22)19-14-18(10-4-5-11-18)21-12-6-7-13-21/h2-3,8-9H,4-7,10-14H2,1H3,(H2,19,20,22). The van der Waals surface area contributed by atoms with Gasteiger partial charge in [-0.15, -0.1) is 0 Å². The van der Waals surface area contributed by atoms with Gasteiger partial charge in [0.15, 0.2) is 0 Å². The molecule has 1 aliphatic heterocycles. The summed E-state index contributed by atoms with van der Waals surface area (Å²) in [5.41, 5.74) is 2.19. The molecule has 2 fully saturated rings. The van der Waals surface area contributed by atoms with Crippen LogP contribution in [0.25, 0.3) is 0 Å². The summed E-state index contributed by atoms with van der Waals surface area (Å²) in [6.07, 6.45) is 7.62. The predicted octanol–water partition coefficient (Wildman–Crippen LogP) is 3.53. The summed E-state index contributed by atoms with van der Waals surface area (Å²) < 4.78 is 0. The van der Waals surface area contributed by atoms with Gasteiger partial charge in [-0.3, -0.25) is 4.90 Å². The highest BCUT2D eigenvalue weighted by Crippen LogP contribution is 2.36. The van der Waals surface area contributed by atoms with Crippen LogP contribution in [0.2, 0.25) is 0 Å². The molecule has 0 aromatic heterocycles. The number of benzene rings is 1. The molecule has 4 nitrogen and oxygen atoms in total. The fraction of sp³-hybridized carbons (Fsp3) is 0.611. The zero-order valence-corrected chi connectivity index (χ0v) is 13.5. The minimum absolute atomic E-state index is 0.0835. The Bertz CT molecular complexity index is 517. The number of rotatable bonds is 4. The van der Waals surface area contributed by atoms with Gasteiger partial charge in [0.1, 0.15) is 0 Å². The Kier molecular flexibility index (Phi) is 4.67. The molecule has 0 bridgehead atoms. The highest BCUT2D eigenvalue weighted by Gasteiger charge is 2.40. The van der Waals surface area contributed by atoms with Gasteiger partial charge >= 0.3 is 6.03 Å². The van der Waals surface area contributed by atoms with E-state index in [4.69, 9.17) is 0 Å². The molecule has 2 aliphatic rings. The lowest BCUT2D eigenvalue weighted by molar-refractivity contribution is 0.122. The number of para-hydroxylation sites is 1. The van der Waals surface area contributed by atoms with Crippen LogP contribution in [-0.4, -0.2) is 36.1 Å². The van der Waals surface area contributed by atoms with Crippen LogP contribution in [0.15, 0.2) is 24.3 Å². The summed E-state index contributed by atoms with van der Waals surface area (Å²) in [6, 6.07) is 7.81. The van der Waals surface area contributed by atoms with Crippen LogP contribution in [0.5, 0.6) is 0 Å². The van der Waals surface area contributed by atoms with Gasteiger partial charge in [0.2, 0.25) is 0 Å². The molecule has 22 heavy (non-hydrogen) atoms. The summed E-state index contributed by atoms with van der Waals surface area (Å²) in [6.45, 7) is 5.17. The van der Waals surface area contributed by atoms with Gasteiger partial charge in [-0.25, -0.2) is 4.79 Å². The second-order valence-electron chi connectivity index (χ2n) is 6.75. The van der Waals surface area contributed by atoms with Crippen LogP contribution in [-0.2, 0) is 0 Å². The van der Waals surface area contributed by atoms with E-state index in [-0.39, 0.29) is 11.6 Å². The smallest absolute Gasteiger partial charge is 0.319 e. The minimum atomic E-state index is -0.0835. The molecular formula is C18H27N3O. The average molecular weight is 301 g/mol. The van der Waals surface area contributed by atoms with Crippen LogP contribution in [0, 0.1) is 6.92 Å². The first-order valence-electron chi connectivity index (χ1n) is 8.55. The van der Waals surface area contributed by atoms with Gasteiger partial charge in [0.05, 0.1) is 0 Å². The number of anilines is 1. The SMILES string of the molecule is Cc1ccccc1NC(=O)NCC1(N2CCCC2)CCCC1. The van der Waals surface area contributed by atoms with Gasteiger partial charge in [0, 0.05) is 17.8 Å². The fourth-order valence-corrected chi connectivity index (χ4v) is 3.95. The van der Waals surface area contributed by atoms with E-state index in [2.05, 4.69) is 15.5 Å². The zero-order valence-electron chi connectivity index (χ0n) is 13.5. The third-order valence-electron chi connectivity index (χ3n) is 5.28. The first-order chi connectivity index (χ1) is 10.7. The Morgan fingerprint density at radius 2 is 1.82 bits per heavy atom. The highest BCUT2D eigenvalue weighted by molar-refractivity contribution is 5.90. The van der Waals surface area contributed by atoms with Crippen LogP contribution >= 0.6 is 0 Å². The average Bonchev–Trinajstić information content (AvgIpc) is 3.19. The molecule has 3 rings (SSSR count). The Morgan fingerprint density at radius 1 is 1.14 bits per heavy atom. The van der Waals surface area contributed by atoms with Gasteiger partial charge in [-0.1, -0.05) is 31.0 Å². The number of carbonyl (C=O) groups excluding carboxylic acids is 1. The summed E-state index contributed by atoms with van der Waals surface area (Å²) in [4.78, 5) is 14.9. The van der Waals surface area contributed by atoms with Gasteiger partial charge < -0.3 is 10.6 Å². The summed E-state index contributed by atoms with van der Waals surface area (Å²) in [5.74, 6) is 0. The van der Waals surface area contributed by atoms with Crippen molar-refractivity contribution in [3.63, 3.8) is 0 Å². The van der Waals surface area contributed by atoms with Crippen molar-refractivity contribution >= 4 is 11.7 Å². The van der Waals surface area contributed by atoms with Crippen molar-refractivity contribution in [1.82, 2.24) is 10.2 Å². The van der Waals surface area contributed by atoms with Crippen molar-refractivity contribution in [1.29, 1.82) is 0 Å². The molecule has 1 aromatic rings. The van der Waals surface area contributed by atoms with E-state index in [1.807, 2.05) is 31.2 Å². The van der Waals surface area contributed by atoms with E-state index in [9.17, 15) is 4.79 Å². The summed E-state index contributed by atoms with van der Waals surface area (Å²) in [5, 5.41) is 6.10. The third-order valence-corrected chi connectivity index (χ3v) is 5.28. The molecule has 0 spiro atoms. The molecule has 2 N–H and O–H groups in total. The van der Waals surface area contributed by atoms with Crippen molar-refractivity contribution < 1.29 is 4.79 Å². The molecule has 1 aromatic carbocycles. The number of carbonyl (C=O) groups is 1. The lowest BCUT2D eigenvalue weighted by Gasteiger charge is -2.39. The molecule has 0 radical (unpaired) electrons. The first-order valence-corrected chi connectivity index (χ1v) is 8.55. The molecule has 0 atom stereocenters. The Hall–Kier alpha value is -1.55. The van der Waals surface area contributed by atoms with E-state index in [1.54, 1.807) is 0 Å². The summed E-state index contributed by atoms with van der Waals surface area (Å²) in [7, 11) is 0. The predicted molar refractivity (Wildman–Crippen MR) is 90.2 cm³/mol. The van der Waals surface area contributed by atoms with E-state index < -0.39 is 0 Å². The molecule has 0 unspecified atom stereocenters. The Balaban J connectivity index is 1.58. The largest absolute Gasteiger partial charge is 0.336 e. The van der Waals surface area contributed by atoms with Crippen LogP contribution in [0.4, 0.5) is 10.5 Å². The van der Waals surface area contributed by atoms with E-state index in [1.165, 1.54) is 51.6 Å². The lowest BCUT2D eigenvalue weighted by Crippen LogP contribution is -2.53. The number of hydrogen-bond donors (Lipinski definition) is 2. The fourth-order valence-electron chi connectivity index (χ4n) is 3.95. The third kappa shape index (κ3) is 3.27. The van der Waals surface area contributed by atoms with E-state index in [0.29, 0.717) is 0 Å². The number of urea groups is 1. The number of likely N-dealkylation sites (tertiary alicyclic amines) is 1. The van der Waals surface area contributed by atoms with Crippen LogP contribution in [0.3, 0.4) is 0 Å². The topological polar surface area (TPSA) is 44.4 Å². The normalized spacial score (nSPS) is 21.0. The van der Waals surface area contributed by atoms with Crippen LogP contribution in [0.1, 0.15) is 44.1 Å². The minimum Gasteiger partial charge on any atom is -0.336 e. The maximum atomic E-state index is 12.2. The quantitative estimate of drug-likeness (QED) is 0.893. The number of aryl methyl sites for hydroxylation is 1. The van der Waals surface area contributed by atoms with E-state index >= 15 is 0 Å². The first kappa shape index (κ1) is 15.3. The molecule has 1 saturated heterocycles. The molecule has 1 aliphatic carbocycles. The molecule has 2 amide bonds. The molecule has 1 heterocycles. The number of hydrogen-bond acceptors (Lipinski definition) is 2. The lowest BCUT2D eigenvalue weighted by atomic mass is 9.95. The van der Waals surface area contributed by atoms with Crippen molar-refractivity contribution in [3.05, 3.63) is 29.8 Å². The Labute approximate surface area is 133 Å². The maximum absolute atomic E-state index is 12.2. The second kappa shape index (κ2) is 6.69. The summed E-state index contributed by atoms with van der Waals surface area (Å²) >= 11 is 0. The zero-order chi connectivity index (χ0) is 15.4. The molecule has 120 valence electrons. The number of amides is 2. The maximum Gasteiger partial charge on any atom is 0.319 e.